The normalized spacial score (nSPS) is 12.9. The molecule has 0 radical (unpaired) electrons. The Labute approximate surface area is 358 Å². The Morgan fingerprint density at radius 2 is 0.776 bits per heavy atom. The van der Waals surface area contributed by atoms with Gasteiger partial charge in [-0.25, -0.2) is 0 Å². The van der Waals surface area contributed by atoms with Crippen LogP contribution in [0.3, 0.4) is 0 Å². The molecule has 0 saturated heterocycles. The van der Waals surface area contributed by atoms with Crippen LogP contribution < -0.4 is 0 Å². The van der Waals surface area contributed by atoms with Gasteiger partial charge in [-0.2, -0.15) is 0 Å². The fourth-order valence-corrected chi connectivity index (χ4v) is 6.58. The van der Waals surface area contributed by atoms with Crippen LogP contribution in [0.1, 0.15) is 219 Å². The average molecular weight is 807 g/mol. The van der Waals surface area contributed by atoms with Crippen LogP contribution in [0.5, 0.6) is 0 Å². The molecule has 0 aliphatic rings. The van der Waals surface area contributed by atoms with Crippen molar-refractivity contribution < 1.29 is 24.2 Å². The minimum Gasteiger partial charge on any atom is -0.462 e. The summed E-state index contributed by atoms with van der Waals surface area (Å²) in [4.78, 5) is 24.4. The molecule has 1 atom stereocenters. The predicted molar refractivity (Wildman–Crippen MR) is 251 cm³/mol. The first-order valence-corrected chi connectivity index (χ1v) is 24.1. The van der Waals surface area contributed by atoms with E-state index in [1.807, 2.05) is 12.2 Å². The van der Waals surface area contributed by atoms with Crippen molar-refractivity contribution in [1.82, 2.24) is 0 Å². The lowest BCUT2D eigenvalue weighted by Crippen LogP contribution is -2.28. The highest BCUT2D eigenvalue weighted by atomic mass is 16.6. The van der Waals surface area contributed by atoms with Gasteiger partial charge in [-0.05, 0) is 77.0 Å². The Morgan fingerprint density at radius 3 is 1.19 bits per heavy atom. The highest BCUT2D eigenvalue weighted by molar-refractivity contribution is 5.70. The summed E-state index contributed by atoms with van der Waals surface area (Å²) < 4.78 is 10.6. The molecule has 0 aromatic rings. The van der Waals surface area contributed by atoms with Gasteiger partial charge in [0.25, 0.3) is 0 Å². The van der Waals surface area contributed by atoms with Gasteiger partial charge in [0.05, 0.1) is 6.61 Å². The van der Waals surface area contributed by atoms with E-state index in [0.717, 1.165) is 57.8 Å². The van der Waals surface area contributed by atoms with E-state index < -0.39 is 12.1 Å². The first-order chi connectivity index (χ1) is 28.6. The molecule has 0 spiro atoms. The zero-order valence-corrected chi connectivity index (χ0v) is 37.8. The Kier molecular flexibility index (Phi) is 46.0. The third-order valence-electron chi connectivity index (χ3n) is 10.2. The van der Waals surface area contributed by atoms with Crippen LogP contribution in [0, 0.1) is 0 Å². The first kappa shape index (κ1) is 55.1. The molecule has 0 rings (SSSR count). The molecule has 0 aliphatic heterocycles. The van der Waals surface area contributed by atoms with E-state index in [1.54, 1.807) is 0 Å². The minimum atomic E-state index is -0.816. The zero-order chi connectivity index (χ0) is 42.1. The van der Waals surface area contributed by atoms with Crippen LogP contribution in [0.4, 0.5) is 0 Å². The van der Waals surface area contributed by atoms with Crippen molar-refractivity contribution in [3.05, 3.63) is 85.1 Å². The van der Waals surface area contributed by atoms with Crippen LogP contribution in [-0.2, 0) is 19.1 Å². The van der Waals surface area contributed by atoms with Crippen LogP contribution >= 0.6 is 0 Å². The summed E-state index contributed by atoms with van der Waals surface area (Å²) in [6.45, 7) is 3.97. The molecule has 1 unspecified atom stereocenters. The number of aliphatic hydroxyl groups excluding tert-OH is 1. The maximum Gasteiger partial charge on any atom is 0.306 e. The summed E-state index contributed by atoms with van der Waals surface area (Å²) in [6, 6.07) is 0. The maximum absolute atomic E-state index is 12.2. The predicted octanol–water partition coefficient (Wildman–Crippen LogP) is 15.9. The van der Waals surface area contributed by atoms with Crippen molar-refractivity contribution in [1.29, 1.82) is 0 Å². The second-order valence-electron chi connectivity index (χ2n) is 15.8. The highest BCUT2D eigenvalue weighted by Crippen LogP contribution is 2.15. The van der Waals surface area contributed by atoms with E-state index in [-0.39, 0.29) is 25.6 Å². The first-order valence-electron chi connectivity index (χ1n) is 24.1. The molecule has 5 nitrogen and oxygen atoms in total. The number of esters is 2. The van der Waals surface area contributed by atoms with Gasteiger partial charge in [-0.3, -0.25) is 9.59 Å². The van der Waals surface area contributed by atoms with Crippen molar-refractivity contribution in [3.63, 3.8) is 0 Å². The van der Waals surface area contributed by atoms with Gasteiger partial charge < -0.3 is 14.6 Å². The average Bonchev–Trinajstić information content (AvgIpc) is 3.23. The van der Waals surface area contributed by atoms with Crippen LogP contribution in [0.25, 0.3) is 0 Å². The molecule has 0 fully saturated rings. The molecule has 0 aromatic heterocycles. The van der Waals surface area contributed by atoms with Gasteiger partial charge in [0.2, 0.25) is 0 Å². The van der Waals surface area contributed by atoms with E-state index in [9.17, 15) is 14.7 Å². The van der Waals surface area contributed by atoms with Gasteiger partial charge in [0.15, 0.2) is 6.10 Å². The lowest BCUT2D eigenvalue weighted by molar-refractivity contribution is -0.161. The van der Waals surface area contributed by atoms with E-state index in [4.69, 9.17) is 9.47 Å². The quantitative estimate of drug-likeness (QED) is 0.0377. The highest BCUT2D eigenvalue weighted by Gasteiger charge is 2.15. The zero-order valence-electron chi connectivity index (χ0n) is 37.8. The number of ether oxygens (including phenoxy) is 2. The summed E-state index contributed by atoms with van der Waals surface area (Å²) in [7, 11) is 0. The Balaban J connectivity index is 3.60. The number of unbranched alkanes of at least 4 members (excludes halogenated alkanes) is 21. The summed E-state index contributed by atoms with van der Waals surface area (Å²) in [6.07, 6.45) is 66.8. The van der Waals surface area contributed by atoms with E-state index in [1.165, 1.54) is 128 Å². The second kappa shape index (κ2) is 48.4. The number of aliphatic hydroxyl groups is 1. The van der Waals surface area contributed by atoms with E-state index in [2.05, 4.69) is 86.8 Å². The van der Waals surface area contributed by atoms with Crippen molar-refractivity contribution in [2.24, 2.45) is 0 Å². The molecule has 0 aromatic carbocycles. The van der Waals surface area contributed by atoms with Crippen molar-refractivity contribution in [2.75, 3.05) is 13.2 Å². The maximum atomic E-state index is 12.2. The molecule has 58 heavy (non-hydrogen) atoms. The third-order valence-corrected chi connectivity index (χ3v) is 10.2. The molecule has 0 bridgehead atoms. The van der Waals surface area contributed by atoms with Crippen LogP contribution in [0.2, 0.25) is 0 Å². The molecule has 0 aliphatic carbocycles. The SMILES string of the molecule is CC/C=C\C/C=C\C/C=C\C/C=C\C/C=C\C/C=C\CCC(=O)OC(CO)COC(=O)CCCCCCCCCCCCCCC/C=C\CCCCCCCCCC. The van der Waals surface area contributed by atoms with Crippen molar-refractivity contribution in [2.45, 2.75) is 225 Å². The minimum absolute atomic E-state index is 0.0994. The lowest BCUT2D eigenvalue weighted by Gasteiger charge is -2.15. The lowest BCUT2D eigenvalue weighted by atomic mass is 10.0. The largest absolute Gasteiger partial charge is 0.462 e. The smallest absolute Gasteiger partial charge is 0.306 e. The summed E-state index contributed by atoms with van der Waals surface area (Å²) in [5.74, 6) is -0.689. The van der Waals surface area contributed by atoms with E-state index >= 15 is 0 Å². The standard InChI is InChI=1S/C53H90O5/c1-3-5-7-9-11-13-15-17-19-21-23-24-25-26-27-28-30-31-33-35-37-39-41-43-45-47-52(55)57-50-51(49-54)58-53(56)48-46-44-42-40-38-36-34-32-29-22-20-18-16-14-12-10-8-6-4-2/h6,8,12,14,18,20-21,23,29,32,36,38,42,44,51,54H,3-5,7,9-11,13,15-17,19,22,24-28,30-31,33-35,37,39-41,43,45-50H2,1-2H3/b8-6-,14-12-,20-18-,23-21-,32-29-,38-36-,44-42-. The van der Waals surface area contributed by atoms with Gasteiger partial charge >= 0.3 is 11.9 Å². The molecule has 332 valence electrons. The molecule has 5 heteroatoms. The molecule has 0 amide bonds. The van der Waals surface area contributed by atoms with Gasteiger partial charge in [-0.15, -0.1) is 0 Å². The van der Waals surface area contributed by atoms with Crippen molar-refractivity contribution in [3.8, 4) is 0 Å². The molecular weight excluding hydrogens is 717 g/mol. The number of hydrogen-bond donors (Lipinski definition) is 1. The fourth-order valence-electron chi connectivity index (χ4n) is 6.58. The molecule has 0 heterocycles. The Hall–Kier alpha value is -2.92. The molecular formula is C53H90O5. The van der Waals surface area contributed by atoms with Gasteiger partial charge in [0, 0.05) is 12.8 Å². The van der Waals surface area contributed by atoms with Crippen molar-refractivity contribution >= 4 is 11.9 Å². The number of carbonyl (C=O) groups is 2. The Bertz CT molecular complexity index is 1090. The number of rotatable bonds is 43. The molecule has 0 saturated carbocycles. The number of hydrogen-bond acceptors (Lipinski definition) is 5. The Morgan fingerprint density at radius 1 is 0.414 bits per heavy atom. The summed E-state index contributed by atoms with van der Waals surface area (Å²) in [5.41, 5.74) is 0. The van der Waals surface area contributed by atoms with Crippen LogP contribution in [0.15, 0.2) is 85.1 Å². The number of allylic oxidation sites excluding steroid dienone is 14. The monoisotopic (exact) mass is 807 g/mol. The molecule has 1 N–H and O–H groups in total. The summed E-state index contributed by atoms with van der Waals surface area (Å²) in [5, 5.41) is 9.59. The van der Waals surface area contributed by atoms with Gasteiger partial charge in [0.1, 0.15) is 6.61 Å². The van der Waals surface area contributed by atoms with Crippen LogP contribution in [-0.4, -0.2) is 36.4 Å². The third kappa shape index (κ3) is 45.8. The number of carbonyl (C=O) groups excluding carboxylic acids is 2. The fraction of sp³-hybridized carbons (Fsp3) is 0.698. The second-order valence-corrected chi connectivity index (χ2v) is 15.8. The summed E-state index contributed by atoms with van der Waals surface area (Å²) >= 11 is 0. The topological polar surface area (TPSA) is 72.8 Å². The van der Waals surface area contributed by atoms with E-state index in [0.29, 0.717) is 12.8 Å². The van der Waals surface area contributed by atoms with Gasteiger partial charge in [-0.1, -0.05) is 214 Å².